The fraction of sp³-hybridized carbons (Fsp3) is 0.556. The standard InChI is InChI=1S/C27H34F2O/c1-3-5-13-30-27-25(28)17-23-16-22(11-12-24(23)26(27)29)21-10-9-19-14-18(6-4-2)7-8-20(19)15-21/h3,5,11-12,16-21H,4,6-10,13-15H2,1-2H3/b5-3+. The smallest absolute Gasteiger partial charge is 0.191 e. The van der Waals surface area contributed by atoms with Crippen LogP contribution in [-0.4, -0.2) is 6.61 Å². The molecule has 2 aliphatic rings. The Morgan fingerprint density at radius 3 is 2.63 bits per heavy atom. The lowest BCUT2D eigenvalue weighted by atomic mass is 9.63. The predicted octanol–water partition coefficient (Wildman–Crippen LogP) is 8.17. The van der Waals surface area contributed by atoms with E-state index >= 15 is 0 Å². The summed E-state index contributed by atoms with van der Waals surface area (Å²) in [7, 11) is 0. The molecule has 2 aliphatic carbocycles. The number of ether oxygens (including phenoxy) is 1. The van der Waals surface area contributed by atoms with E-state index in [-0.39, 0.29) is 12.4 Å². The summed E-state index contributed by atoms with van der Waals surface area (Å²) in [6, 6.07) is 7.29. The first kappa shape index (κ1) is 21.3. The third kappa shape index (κ3) is 4.40. The van der Waals surface area contributed by atoms with Crippen molar-refractivity contribution >= 4 is 10.8 Å². The van der Waals surface area contributed by atoms with Crippen LogP contribution in [0.2, 0.25) is 0 Å². The van der Waals surface area contributed by atoms with Gasteiger partial charge in [0.05, 0.1) is 0 Å². The van der Waals surface area contributed by atoms with E-state index in [9.17, 15) is 8.78 Å². The Morgan fingerprint density at radius 2 is 1.83 bits per heavy atom. The Kier molecular flexibility index (Phi) is 6.75. The van der Waals surface area contributed by atoms with Crippen molar-refractivity contribution < 1.29 is 13.5 Å². The van der Waals surface area contributed by atoms with Gasteiger partial charge in [-0.3, -0.25) is 0 Å². The van der Waals surface area contributed by atoms with E-state index in [0.29, 0.717) is 16.7 Å². The summed E-state index contributed by atoms with van der Waals surface area (Å²) in [6.45, 7) is 4.31. The second-order valence-corrected chi connectivity index (χ2v) is 9.36. The van der Waals surface area contributed by atoms with Crippen LogP contribution in [0.15, 0.2) is 36.4 Å². The van der Waals surface area contributed by atoms with Crippen molar-refractivity contribution in [1.82, 2.24) is 0 Å². The van der Waals surface area contributed by atoms with Gasteiger partial charge in [-0.2, -0.15) is 0 Å². The zero-order valence-corrected chi connectivity index (χ0v) is 18.3. The number of halogens is 2. The summed E-state index contributed by atoms with van der Waals surface area (Å²) in [5.41, 5.74) is 1.23. The summed E-state index contributed by atoms with van der Waals surface area (Å²) in [5, 5.41) is 1.07. The van der Waals surface area contributed by atoms with Crippen LogP contribution in [-0.2, 0) is 0 Å². The van der Waals surface area contributed by atoms with E-state index in [1.165, 1.54) is 63.0 Å². The Balaban J connectivity index is 1.51. The van der Waals surface area contributed by atoms with Crippen LogP contribution in [0.5, 0.6) is 5.75 Å². The molecule has 2 aromatic rings. The van der Waals surface area contributed by atoms with Crippen molar-refractivity contribution in [2.45, 2.75) is 71.1 Å². The minimum Gasteiger partial charge on any atom is -0.483 e. The second-order valence-electron chi connectivity index (χ2n) is 9.36. The molecule has 2 aromatic carbocycles. The number of fused-ring (bicyclic) bond motifs is 2. The van der Waals surface area contributed by atoms with Crippen LogP contribution in [0, 0.1) is 29.4 Å². The molecule has 0 spiro atoms. The molecule has 0 saturated heterocycles. The van der Waals surface area contributed by atoms with Crippen molar-refractivity contribution in [1.29, 1.82) is 0 Å². The summed E-state index contributed by atoms with van der Waals surface area (Å²) in [4.78, 5) is 0. The normalized spacial score (nSPS) is 26.8. The molecule has 162 valence electrons. The molecule has 2 fully saturated rings. The largest absolute Gasteiger partial charge is 0.483 e. The Morgan fingerprint density at radius 1 is 1.03 bits per heavy atom. The highest BCUT2D eigenvalue weighted by Crippen LogP contribution is 2.48. The Bertz CT molecular complexity index is 903. The van der Waals surface area contributed by atoms with Gasteiger partial charge in [-0.1, -0.05) is 56.5 Å². The van der Waals surface area contributed by atoms with E-state index in [1.807, 2.05) is 25.1 Å². The summed E-state index contributed by atoms with van der Waals surface area (Å²) >= 11 is 0. The topological polar surface area (TPSA) is 9.23 Å². The van der Waals surface area contributed by atoms with Crippen LogP contribution >= 0.6 is 0 Å². The van der Waals surface area contributed by atoms with E-state index in [0.717, 1.165) is 17.8 Å². The van der Waals surface area contributed by atoms with Gasteiger partial charge in [-0.25, -0.2) is 8.78 Å². The van der Waals surface area contributed by atoms with E-state index < -0.39 is 11.6 Å². The molecule has 0 aromatic heterocycles. The quantitative estimate of drug-likeness (QED) is 0.435. The SMILES string of the molecule is C/C=C/COc1c(F)cc2cc(C3CCC4CC(CCC)CCC4C3)ccc2c1F. The Hall–Kier alpha value is -1.90. The average molecular weight is 413 g/mol. The highest BCUT2D eigenvalue weighted by atomic mass is 19.1. The zero-order valence-electron chi connectivity index (χ0n) is 18.3. The van der Waals surface area contributed by atoms with Gasteiger partial charge in [0.1, 0.15) is 6.61 Å². The molecule has 0 radical (unpaired) electrons. The monoisotopic (exact) mass is 412 g/mol. The molecule has 2 saturated carbocycles. The van der Waals surface area contributed by atoms with Crippen molar-refractivity contribution in [3.05, 3.63) is 53.6 Å². The Labute approximate surface area is 179 Å². The summed E-state index contributed by atoms with van der Waals surface area (Å²) < 4.78 is 34.7. The van der Waals surface area contributed by atoms with Crippen molar-refractivity contribution in [3.8, 4) is 5.75 Å². The van der Waals surface area contributed by atoms with Gasteiger partial charge < -0.3 is 4.74 Å². The molecular formula is C27H34F2O. The number of hydrogen-bond acceptors (Lipinski definition) is 1. The molecule has 0 amide bonds. The number of benzene rings is 2. The van der Waals surface area contributed by atoms with Crippen LogP contribution < -0.4 is 4.74 Å². The molecule has 0 bridgehead atoms. The minimum atomic E-state index is -0.625. The van der Waals surface area contributed by atoms with E-state index in [1.54, 1.807) is 12.2 Å². The lowest BCUT2D eigenvalue weighted by Gasteiger charge is -2.42. The van der Waals surface area contributed by atoms with E-state index in [4.69, 9.17) is 4.74 Å². The number of rotatable bonds is 6. The molecule has 0 aliphatic heterocycles. The van der Waals surface area contributed by atoms with Gasteiger partial charge in [0.15, 0.2) is 17.4 Å². The number of hydrogen-bond donors (Lipinski definition) is 0. The van der Waals surface area contributed by atoms with Gasteiger partial charge in [0, 0.05) is 5.39 Å². The first-order valence-electron chi connectivity index (χ1n) is 11.8. The first-order valence-corrected chi connectivity index (χ1v) is 11.8. The molecule has 1 nitrogen and oxygen atoms in total. The molecule has 4 unspecified atom stereocenters. The lowest BCUT2D eigenvalue weighted by molar-refractivity contribution is 0.114. The lowest BCUT2D eigenvalue weighted by Crippen LogP contribution is -2.30. The maximum atomic E-state index is 14.9. The minimum absolute atomic E-state index is 0.164. The second kappa shape index (κ2) is 9.49. The van der Waals surface area contributed by atoms with Gasteiger partial charge in [0.2, 0.25) is 0 Å². The van der Waals surface area contributed by atoms with Crippen LogP contribution in [0.4, 0.5) is 8.78 Å². The maximum Gasteiger partial charge on any atom is 0.191 e. The number of allylic oxidation sites excluding steroid dienone is 1. The van der Waals surface area contributed by atoms with Crippen LogP contribution in [0.1, 0.15) is 76.7 Å². The molecular weight excluding hydrogens is 378 g/mol. The van der Waals surface area contributed by atoms with Gasteiger partial charge in [0.25, 0.3) is 0 Å². The maximum absolute atomic E-state index is 14.9. The third-order valence-electron chi connectivity index (χ3n) is 7.46. The van der Waals surface area contributed by atoms with Gasteiger partial charge in [-0.15, -0.1) is 0 Å². The highest BCUT2D eigenvalue weighted by molar-refractivity contribution is 5.85. The zero-order chi connectivity index (χ0) is 21.1. The molecule has 4 rings (SSSR count). The molecule has 4 atom stereocenters. The van der Waals surface area contributed by atoms with Crippen LogP contribution in [0.25, 0.3) is 10.8 Å². The van der Waals surface area contributed by atoms with Crippen LogP contribution in [0.3, 0.4) is 0 Å². The first-order chi connectivity index (χ1) is 14.6. The summed E-state index contributed by atoms with van der Waals surface area (Å²) in [5.74, 6) is 1.65. The fourth-order valence-electron chi connectivity index (χ4n) is 5.90. The average Bonchev–Trinajstić information content (AvgIpc) is 2.75. The molecule has 30 heavy (non-hydrogen) atoms. The van der Waals surface area contributed by atoms with Crippen molar-refractivity contribution in [2.75, 3.05) is 6.61 Å². The molecule has 3 heteroatoms. The van der Waals surface area contributed by atoms with E-state index in [2.05, 4.69) is 6.92 Å². The van der Waals surface area contributed by atoms with Crippen molar-refractivity contribution in [3.63, 3.8) is 0 Å². The summed E-state index contributed by atoms with van der Waals surface area (Å²) in [6.07, 6.45) is 14.1. The fourth-order valence-corrected chi connectivity index (χ4v) is 5.90. The third-order valence-corrected chi connectivity index (χ3v) is 7.46. The molecule has 0 N–H and O–H groups in total. The van der Waals surface area contributed by atoms with Gasteiger partial charge >= 0.3 is 0 Å². The predicted molar refractivity (Wildman–Crippen MR) is 120 cm³/mol. The van der Waals surface area contributed by atoms with Gasteiger partial charge in [-0.05, 0) is 79.7 Å². The molecule has 0 heterocycles. The van der Waals surface area contributed by atoms with Crippen molar-refractivity contribution in [2.24, 2.45) is 17.8 Å². The highest BCUT2D eigenvalue weighted by Gasteiger charge is 2.35.